The molecule has 0 atom stereocenters. The third-order valence-electron chi connectivity index (χ3n) is 2.57. The van der Waals surface area contributed by atoms with Crippen molar-refractivity contribution in [1.82, 2.24) is 0 Å². The fourth-order valence-corrected chi connectivity index (χ4v) is 3.23. The van der Waals surface area contributed by atoms with E-state index in [1.807, 2.05) is 43.3 Å². The lowest BCUT2D eigenvalue weighted by Crippen LogP contribution is -2.13. The first-order valence-electron chi connectivity index (χ1n) is 5.50. The summed E-state index contributed by atoms with van der Waals surface area (Å²) in [4.78, 5) is 12.3. The van der Waals surface area contributed by atoms with Gasteiger partial charge in [-0.15, -0.1) is 0 Å². The lowest BCUT2D eigenvalue weighted by Gasteiger charge is -2.11. The van der Waals surface area contributed by atoms with Gasteiger partial charge in [0.2, 0.25) is 0 Å². The number of carbonyl (C=O) groups excluding carboxylic acids is 1. The number of halogens is 3. The van der Waals surface area contributed by atoms with Gasteiger partial charge in [0.15, 0.2) is 0 Å². The second-order valence-corrected chi connectivity index (χ2v) is 6.60. The van der Waals surface area contributed by atoms with Crippen LogP contribution in [0.4, 0.5) is 5.69 Å². The lowest BCUT2D eigenvalue weighted by molar-refractivity contribution is 0.102. The van der Waals surface area contributed by atoms with Gasteiger partial charge in [-0.1, -0.05) is 17.7 Å². The Morgan fingerprint density at radius 3 is 2.26 bits per heavy atom. The van der Waals surface area contributed by atoms with E-state index in [0.717, 1.165) is 24.7 Å². The first kappa shape index (κ1) is 14.8. The molecular formula is C14H10Br3NO. The SMILES string of the molecule is Cc1ccc(Br)c(C(=O)Nc2c(Br)cccc2Br)c1. The maximum Gasteiger partial charge on any atom is 0.256 e. The van der Waals surface area contributed by atoms with Crippen LogP contribution in [0.2, 0.25) is 0 Å². The molecule has 0 aliphatic rings. The van der Waals surface area contributed by atoms with Crippen LogP contribution in [0, 0.1) is 6.92 Å². The zero-order valence-corrected chi connectivity index (χ0v) is 14.8. The molecule has 0 fully saturated rings. The van der Waals surface area contributed by atoms with Crippen LogP contribution < -0.4 is 5.32 Å². The lowest BCUT2D eigenvalue weighted by atomic mass is 10.1. The summed E-state index contributed by atoms with van der Waals surface area (Å²) in [7, 11) is 0. The van der Waals surface area contributed by atoms with Gasteiger partial charge in [0.25, 0.3) is 5.91 Å². The van der Waals surface area contributed by atoms with E-state index in [1.165, 1.54) is 0 Å². The summed E-state index contributed by atoms with van der Waals surface area (Å²) in [5.41, 5.74) is 2.38. The van der Waals surface area contributed by atoms with Gasteiger partial charge in [0.1, 0.15) is 0 Å². The molecule has 19 heavy (non-hydrogen) atoms. The van der Waals surface area contributed by atoms with Gasteiger partial charge < -0.3 is 5.32 Å². The number of hydrogen-bond acceptors (Lipinski definition) is 1. The highest BCUT2D eigenvalue weighted by atomic mass is 79.9. The summed E-state index contributed by atoms with van der Waals surface area (Å²) >= 11 is 10.2. The van der Waals surface area contributed by atoms with Crippen molar-refractivity contribution in [3.63, 3.8) is 0 Å². The number of rotatable bonds is 2. The van der Waals surface area contributed by atoms with Gasteiger partial charge in [0, 0.05) is 13.4 Å². The molecule has 98 valence electrons. The Labute approximate surface area is 137 Å². The van der Waals surface area contributed by atoms with Crippen LogP contribution in [-0.4, -0.2) is 5.91 Å². The zero-order chi connectivity index (χ0) is 14.0. The molecule has 2 nitrogen and oxygen atoms in total. The van der Waals surface area contributed by atoms with Crippen LogP contribution in [-0.2, 0) is 0 Å². The van der Waals surface area contributed by atoms with E-state index in [2.05, 4.69) is 53.1 Å². The molecule has 0 bridgehead atoms. The van der Waals surface area contributed by atoms with Gasteiger partial charge in [-0.25, -0.2) is 0 Å². The topological polar surface area (TPSA) is 29.1 Å². The summed E-state index contributed by atoms with van der Waals surface area (Å²) in [5, 5.41) is 2.90. The highest BCUT2D eigenvalue weighted by molar-refractivity contribution is 9.11. The van der Waals surface area contributed by atoms with Crippen LogP contribution in [0.3, 0.4) is 0 Å². The Morgan fingerprint density at radius 1 is 1.00 bits per heavy atom. The fourth-order valence-electron chi connectivity index (χ4n) is 1.61. The smallest absolute Gasteiger partial charge is 0.256 e. The van der Waals surface area contributed by atoms with Gasteiger partial charge in [0.05, 0.1) is 11.3 Å². The summed E-state index contributed by atoms with van der Waals surface area (Å²) in [6, 6.07) is 11.3. The minimum atomic E-state index is -0.150. The minimum Gasteiger partial charge on any atom is -0.320 e. The first-order valence-corrected chi connectivity index (χ1v) is 7.88. The molecule has 2 aromatic carbocycles. The van der Waals surface area contributed by atoms with Gasteiger partial charge in [-0.2, -0.15) is 0 Å². The number of anilines is 1. The zero-order valence-electron chi connectivity index (χ0n) is 10.0. The molecule has 0 aromatic heterocycles. The minimum absolute atomic E-state index is 0.150. The predicted molar refractivity (Wildman–Crippen MR) is 88.7 cm³/mol. The second kappa shape index (κ2) is 6.20. The molecule has 1 amide bonds. The third kappa shape index (κ3) is 3.46. The van der Waals surface area contributed by atoms with Crippen LogP contribution in [0.1, 0.15) is 15.9 Å². The van der Waals surface area contributed by atoms with E-state index in [9.17, 15) is 4.79 Å². The van der Waals surface area contributed by atoms with Crippen molar-refractivity contribution < 1.29 is 4.79 Å². The maximum atomic E-state index is 12.3. The molecule has 0 saturated carbocycles. The molecule has 0 spiro atoms. The van der Waals surface area contributed by atoms with Crippen molar-refractivity contribution in [2.75, 3.05) is 5.32 Å². The summed E-state index contributed by atoms with van der Waals surface area (Å²) in [6.45, 7) is 1.96. The average molecular weight is 448 g/mol. The predicted octanol–water partition coefficient (Wildman–Crippen LogP) is 5.53. The van der Waals surface area contributed by atoms with Crippen molar-refractivity contribution in [3.8, 4) is 0 Å². The Hall–Kier alpha value is -0.650. The molecule has 0 radical (unpaired) electrons. The van der Waals surface area contributed by atoms with E-state index >= 15 is 0 Å². The third-order valence-corrected chi connectivity index (χ3v) is 4.58. The van der Waals surface area contributed by atoms with E-state index in [4.69, 9.17) is 0 Å². The van der Waals surface area contributed by atoms with Crippen LogP contribution >= 0.6 is 47.8 Å². The number of aryl methyl sites for hydroxylation is 1. The molecule has 2 rings (SSSR count). The van der Waals surface area contributed by atoms with Gasteiger partial charge >= 0.3 is 0 Å². The largest absolute Gasteiger partial charge is 0.320 e. The Bertz CT molecular complexity index is 620. The average Bonchev–Trinajstić information content (AvgIpc) is 2.37. The molecular weight excluding hydrogens is 438 g/mol. The molecule has 2 aromatic rings. The van der Waals surface area contributed by atoms with Crippen molar-refractivity contribution in [3.05, 3.63) is 60.9 Å². The Balaban J connectivity index is 2.34. The van der Waals surface area contributed by atoms with Crippen molar-refractivity contribution >= 4 is 59.4 Å². The number of para-hydroxylation sites is 1. The number of nitrogens with one attached hydrogen (secondary N) is 1. The van der Waals surface area contributed by atoms with Gasteiger partial charge in [-0.05, 0) is 79.0 Å². The second-order valence-electron chi connectivity index (χ2n) is 4.03. The Morgan fingerprint density at radius 2 is 1.63 bits per heavy atom. The number of amides is 1. The fraction of sp³-hybridized carbons (Fsp3) is 0.0714. The molecule has 0 aliphatic carbocycles. The van der Waals surface area contributed by atoms with Gasteiger partial charge in [-0.3, -0.25) is 4.79 Å². The van der Waals surface area contributed by atoms with E-state index in [1.54, 1.807) is 0 Å². The van der Waals surface area contributed by atoms with E-state index in [0.29, 0.717) is 5.56 Å². The van der Waals surface area contributed by atoms with Crippen LogP contribution in [0.5, 0.6) is 0 Å². The highest BCUT2D eigenvalue weighted by Gasteiger charge is 2.13. The molecule has 0 aliphatic heterocycles. The molecule has 0 unspecified atom stereocenters. The first-order chi connectivity index (χ1) is 8.99. The monoisotopic (exact) mass is 445 g/mol. The highest BCUT2D eigenvalue weighted by Crippen LogP contribution is 2.31. The standard InChI is InChI=1S/C14H10Br3NO/c1-8-5-6-10(15)9(7-8)14(19)18-13-11(16)3-2-4-12(13)17/h2-7H,1H3,(H,18,19). The van der Waals surface area contributed by atoms with Crippen LogP contribution in [0.15, 0.2) is 49.8 Å². The Kier molecular flexibility index (Phi) is 4.81. The van der Waals surface area contributed by atoms with E-state index in [-0.39, 0.29) is 5.91 Å². The molecule has 5 heteroatoms. The van der Waals surface area contributed by atoms with Crippen LogP contribution in [0.25, 0.3) is 0 Å². The number of benzene rings is 2. The summed E-state index contributed by atoms with van der Waals surface area (Å²) < 4.78 is 2.44. The number of hydrogen-bond donors (Lipinski definition) is 1. The molecule has 1 N–H and O–H groups in total. The van der Waals surface area contributed by atoms with Crippen molar-refractivity contribution in [1.29, 1.82) is 0 Å². The van der Waals surface area contributed by atoms with Crippen molar-refractivity contribution in [2.24, 2.45) is 0 Å². The quantitative estimate of drug-likeness (QED) is 0.643. The van der Waals surface area contributed by atoms with E-state index < -0.39 is 0 Å². The molecule has 0 saturated heterocycles. The maximum absolute atomic E-state index is 12.3. The summed E-state index contributed by atoms with van der Waals surface area (Å²) in [6.07, 6.45) is 0. The summed E-state index contributed by atoms with van der Waals surface area (Å²) in [5.74, 6) is -0.150. The van der Waals surface area contributed by atoms with Crippen molar-refractivity contribution in [2.45, 2.75) is 6.92 Å². The number of carbonyl (C=O) groups is 1. The molecule has 0 heterocycles. The normalized spacial score (nSPS) is 10.3.